The molecule has 0 spiro atoms. The van der Waals surface area contributed by atoms with Gasteiger partial charge in [0.05, 0.1) is 11.1 Å². The number of thiophene rings is 1. The van der Waals surface area contributed by atoms with Gasteiger partial charge < -0.3 is 4.90 Å². The first-order valence-electron chi connectivity index (χ1n) is 29.3. The van der Waals surface area contributed by atoms with Gasteiger partial charge in [-0.3, -0.25) is 0 Å². The number of hydrogen-bond acceptors (Lipinski definition) is 2. The Morgan fingerprint density at radius 2 is 0.659 bits per heavy atom. The normalized spacial score (nSPS) is 12.3. The van der Waals surface area contributed by atoms with Crippen LogP contribution >= 0.6 is 11.3 Å². The molecule has 0 N–H and O–H groups in total. The van der Waals surface area contributed by atoms with E-state index in [4.69, 9.17) is 0 Å². The molecule has 85 heavy (non-hydrogen) atoms. The second-order valence-electron chi connectivity index (χ2n) is 22.3. The van der Waals surface area contributed by atoms with Gasteiger partial charge in [-0.25, -0.2) is 0 Å². The quantitative estimate of drug-likeness (QED) is 0.125. The van der Waals surface area contributed by atoms with Crippen LogP contribution in [0.1, 0.15) is 22.3 Å². The van der Waals surface area contributed by atoms with Crippen molar-refractivity contribution in [1.82, 2.24) is 0 Å². The van der Waals surface area contributed by atoms with Gasteiger partial charge in [0, 0.05) is 37.1 Å². The monoisotopic (exact) mass is 1100 g/mol. The van der Waals surface area contributed by atoms with Crippen LogP contribution in [0.25, 0.3) is 109 Å². The molecule has 1 heterocycles. The average Bonchev–Trinajstić information content (AvgIpc) is 2.21. The van der Waals surface area contributed by atoms with Crippen molar-refractivity contribution < 1.29 is 0 Å². The van der Waals surface area contributed by atoms with Gasteiger partial charge in [-0.1, -0.05) is 273 Å². The summed E-state index contributed by atoms with van der Waals surface area (Å²) in [6, 6.07) is 124. The second kappa shape index (κ2) is 21.0. The number of benzene rings is 14. The van der Waals surface area contributed by atoms with E-state index < -0.39 is 5.41 Å². The summed E-state index contributed by atoms with van der Waals surface area (Å²) in [5.74, 6) is 0. The minimum absolute atomic E-state index is 0.745. The van der Waals surface area contributed by atoms with Crippen LogP contribution in [0.4, 0.5) is 17.1 Å². The highest BCUT2D eigenvalue weighted by atomic mass is 32.1. The fraction of sp³-hybridized carbons (Fsp3) is 0.0120. The lowest BCUT2D eigenvalue weighted by atomic mass is 9.67. The fourth-order valence-electron chi connectivity index (χ4n) is 13.4. The summed E-state index contributed by atoms with van der Waals surface area (Å²) in [6.45, 7) is 0. The van der Waals surface area contributed by atoms with Gasteiger partial charge in [-0.2, -0.15) is 0 Å². The van der Waals surface area contributed by atoms with Gasteiger partial charge in [0.25, 0.3) is 0 Å². The van der Waals surface area contributed by atoms with Crippen LogP contribution < -0.4 is 4.90 Å². The summed E-state index contributed by atoms with van der Waals surface area (Å²) in [7, 11) is 0. The topological polar surface area (TPSA) is 3.24 Å². The molecule has 0 atom stereocenters. The standard InChI is InChI=1S/C83H55NS/c1-4-16-56(17-5-1)60-28-31-64(32-29-60)73-24-12-14-26-80(73)84(71-46-38-63(39-47-71)67-41-51-82-77(53-67)76-25-13-15-27-81(76)85-82)72-48-50-75-74-49-40-68(66-33-30-59-22-10-11-23-65(59)52-66)54-78(74)83(79(75)55-72,69-42-34-61(35-43-69)57-18-6-2-7-19-57)70-44-36-62(37-45-70)58-20-8-3-9-21-58/h1-55H. The zero-order valence-electron chi connectivity index (χ0n) is 46.6. The highest BCUT2D eigenvalue weighted by Gasteiger charge is 2.47. The van der Waals surface area contributed by atoms with E-state index in [1.165, 1.54) is 120 Å². The number of para-hydroxylation sites is 1. The molecule has 2 heteroatoms. The van der Waals surface area contributed by atoms with Crippen molar-refractivity contribution in [2.45, 2.75) is 5.41 Å². The fourth-order valence-corrected chi connectivity index (χ4v) is 14.5. The van der Waals surface area contributed by atoms with Gasteiger partial charge in [-0.15, -0.1) is 11.3 Å². The molecule has 0 amide bonds. The molecule has 1 aliphatic rings. The Morgan fingerprint density at radius 1 is 0.235 bits per heavy atom. The molecule has 0 bridgehead atoms. The highest BCUT2D eigenvalue weighted by molar-refractivity contribution is 7.25. The first-order valence-corrected chi connectivity index (χ1v) is 30.1. The number of nitrogens with zero attached hydrogens (tertiary/aromatic N) is 1. The lowest BCUT2D eigenvalue weighted by Crippen LogP contribution is -2.29. The molecule has 1 aromatic heterocycles. The van der Waals surface area contributed by atoms with E-state index in [-0.39, 0.29) is 0 Å². The number of hydrogen-bond donors (Lipinski definition) is 0. The Hall–Kier alpha value is -10.6. The number of fused-ring (bicyclic) bond motifs is 7. The predicted molar refractivity (Wildman–Crippen MR) is 361 cm³/mol. The van der Waals surface area contributed by atoms with Crippen molar-refractivity contribution >= 4 is 59.3 Å². The van der Waals surface area contributed by atoms with E-state index in [0.717, 1.165) is 28.2 Å². The molecular formula is C83H55NS. The molecule has 0 fully saturated rings. The smallest absolute Gasteiger partial charge is 0.0714 e. The van der Waals surface area contributed by atoms with E-state index in [2.05, 4.69) is 339 Å². The van der Waals surface area contributed by atoms with Crippen LogP contribution in [0.5, 0.6) is 0 Å². The third kappa shape index (κ3) is 8.77. The Morgan fingerprint density at radius 3 is 1.32 bits per heavy atom. The Labute approximate surface area is 500 Å². The van der Waals surface area contributed by atoms with Crippen LogP contribution in [0.2, 0.25) is 0 Å². The predicted octanol–water partition coefficient (Wildman–Crippen LogP) is 23.0. The molecule has 0 unspecified atom stereocenters. The summed E-state index contributed by atoms with van der Waals surface area (Å²) in [4.78, 5) is 2.49. The Kier molecular flexibility index (Phi) is 12.4. The van der Waals surface area contributed by atoms with E-state index >= 15 is 0 Å². The maximum Gasteiger partial charge on any atom is 0.0714 e. The van der Waals surface area contributed by atoms with Crippen LogP contribution in [-0.4, -0.2) is 0 Å². The molecule has 0 aliphatic heterocycles. The summed E-state index contributed by atoms with van der Waals surface area (Å²) in [5.41, 5.74) is 24.0. The highest BCUT2D eigenvalue weighted by Crippen LogP contribution is 2.59. The first-order chi connectivity index (χ1) is 42.1. The molecule has 398 valence electrons. The maximum atomic E-state index is 2.51. The van der Waals surface area contributed by atoms with Gasteiger partial charge in [-0.05, 0) is 166 Å². The summed E-state index contributed by atoms with van der Waals surface area (Å²) < 4.78 is 2.62. The number of rotatable bonds is 11. The second-order valence-corrected chi connectivity index (χ2v) is 23.4. The van der Waals surface area contributed by atoms with Crippen LogP contribution in [0, 0.1) is 0 Å². The minimum Gasteiger partial charge on any atom is -0.310 e. The third-order valence-corrected chi connectivity index (χ3v) is 18.7. The molecule has 0 radical (unpaired) electrons. The molecule has 1 nitrogen and oxygen atoms in total. The van der Waals surface area contributed by atoms with E-state index in [1.807, 2.05) is 11.3 Å². The van der Waals surface area contributed by atoms with Gasteiger partial charge >= 0.3 is 0 Å². The SMILES string of the molecule is c1ccc(-c2ccc(-c3ccccc3N(c3ccc(-c4ccc5sc6ccccc6c5c4)cc3)c3ccc4c(c3)C(c3ccc(-c5ccccc5)cc3)(c3ccc(-c5ccccc5)cc3)c3cc(-c5ccc6ccccc6c5)ccc3-4)cc2)cc1. The lowest BCUT2D eigenvalue weighted by molar-refractivity contribution is 0.769. The molecule has 1 aliphatic carbocycles. The van der Waals surface area contributed by atoms with E-state index in [1.54, 1.807) is 0 Å². The van der Waals surface area contributed by atoms with Gasteiger partial charge in [0.15, 0.2) is 0 Å². The maximum absolute atomic E-state index is 2.51. The van der Waals surface area contributed by atoms with Gasteiger partial charge in [0.1, 0.15) is 0 Å². The third-order valence-electron chi connectivity index (χ3n) is 17.6. The molecule has 15 aromatic rings. The van der Waals surface area contributed by atoms with Crippen LogP contribution in [-0.2, 0) is 5.41 Å². The Bertz CT molecular complexity index is 4860. The zero-order valence-corrected chi connectivity index (χ0v) is 47.4. The van der Waals surface area contributed by atoms with Crippen molar-refractivity contribution in [1.29, 1.82) is 0 Å². The largest absolute Gasteiger partial charge is 0.310 e. The Balaban J connectivity index is 0.920. The first kappa shape index (κ1) is 50.1. The van der Waals surface area contributed by atoms with Crippen molar-refractivity contribution in [2.24, 2.45) is 0 Å². The van der Waals surface area contributed by atoms with E-state index in [0.29, 0.717) is 0 Å². The molecule has 14 aromatic carbocycles. The molecule has 0 saturated carbocycles. The molecular weight excluding hydrogens is 1040 g/mol. The minimum atomic E-state index is -0.745. The molecule has 0 saturated heterocycles. The number of anilines is 3. The average molecular weight is 1100 g/mol. The van der Waals surface area contributed by atoms with E-state index in [9.17, 15) is 0 Å². The lowest BCUT2D eigenvalue weighted by Gasteiger charge is -2.35. The van der Waals surface area contributed by atoms with Crippen LogP contribution in [0.15, 0.2) is 334 Å². The summed E-state index contributed by atoms with van der Waals surface area (Å²) >= 11 is 1.86. The van der Waals surface area contributed by atoms with Crippen molar-refractivity contribution in [2.75, 3.05) is 4.90 Å². The van der Waals surface area contributed by atoms with Crippen LogP contribution in [0.3, 0.4) is 0 Å². The summed E-state index contributed by atoms with van der Waals surface area (Å²) in [6.07, 6.45) is 0. The summed E-state index contributed by atoms with van der Waals surface area (Å²) in [5, 5.41) is 5.06. The van der Waals surface area contributed by atoms with Crippen molar-refractivity contribution in [3.05, 3.63) is 356 Å². The van der Waals surface area contributed by atoms with Crippen molar-refractivity contribution in [3.63, 3.8) is 0 Å². The van der Waals surface area contributed by atoms with Gasteiger partial charge in [0.2, 0.25) is 0 Å². The van der Waals surface area contributed by atoms with Crippen molar-refractivity contribution in [3.8, 4) is 77.9 Å². The zero-order chi connectivity index (χ0) is 56.3. The molecule has 16 rings (SSSR count).